The zero-order valence-corrected chi connectivity index (χ0v) is 16.2. The SMILES string of the molecule is Cc1cccc(/C=C2/Oc3c(ccc4c3CN(C3CCCCC3)CO4)C2=O)c1. The highest BCUT2D eigenvalue weighted by atomic mass is 16.5. The van der Waals surface area contributed by atoms with Gasteiger partial charge in [0.1, 0.15) is 18.2 Å². The molecule has 0 saturated heterocycles. The molecule has 0 amide bonds. The monoisotopic (exact) mass is 375 g/mol. The smallest absolute Gasteiger partial charge is 0.231 e. The van der Waals surface area contributed by atoms with E-state index in [1.807, 2.05) is 43.3 Å². The second-order valence-corrected chi connectivity index (χ2v) is 8.08. The molecule has 0 spiro atoms. The molecular weight excluding hydrogens is 350 g/mol. The van der Waals surface area contributed by atoms with E-state index in [0.717, 1.165) is 29.0 Å². The Hall–Kier alpha value is -2.59. The molecule has 0 aromatic heterocycles. The van der Waals surface area contributed by atoms with Gasteiger partial charge in [-0.1, -0.05) is 49.1 Å². The maximum Gasteiger partial charge on any atom is 0.231 e. The summed E-state index contributed by atoms with van der Waals surface area (Å²) in [5.41, 5.74) is 3.79. The van der Waals surface area contributed by atoms with Crippen LogP contribution in [0, 0.1) is 6.92 Å². The van der Waals surface area contributed by atoms with E-state index in [1.54, 1.807) is 0 Å². The van der Waals surface area contributed by atoms with E-state index in [9.17, 15) is 4.79 Å². The number of ether oxygens (including phenoxy) is 2. The van der Waals surface area contributed by atoms with Crippen molar-refractivity contribution in [1.29, 1.82) is 0 Å². The number of carbonyl (C=O) groups is 1. The highest BCUT2D eigenvalue weighted by molar-refractivity contribution is 6.15. The van der Waals surface area contributed by atoms with Crippen LogP contribution < -0.4 is 9.47 Å². The third-order valence-corrected chi connectivity index (χ3v) is 6.08. The molecule has 28 heavy (non-hydrogen) atoms. The number of aryl methyl sites for hydroxylation is 1. The van der Waals surface area contributed by atoms with Gasteiger partial charge in [-0.2, -0.15) is 0 Å². The van der Waals surface area contributed by atoms with Gasteiger partial charge in [0.2, 0.25) is 5.78 Å². The maximum atomic E-state index is 12.9. The van der Waals surface area contributed by atoms with E-state index in [-0.39, 0.29) is 5.78 Å². The molecule has 5 rings (SSSR count). The summed E-state index contributed by atoms with van der Waals surface area (Å²) >= 11 is 0. The summed E-state index contributed by atoms with van der Waals surface area (Å²) < 4.78 is 12.1. The van der Waals surface area contributed by atoms with E-state index >= 15 is 0 Å². The third kappa shape index (κ3) is 3.12. The Balaban J connectivity index is 1.45. The number of fused-ring (bicyclic) bond motifs is 3. The van der Waals surface area contributed by atoms with E-state index in [0.29, 0.717) is 29.8 Å². The van der Waals surface area contributed by atoms with Gasteiger partial charge in [0.15, 0.2) is 5.76 Å². The number of allylic oxidation sites excluding steroid dienone is 1. The first-order valence-corrected chi connectivity index (χ1v) is 10.2. The molecule has 0 bridgehead atoms. The van der Waals surface area contributed by atoms with Crippen LogP contribution in [-0.4, -0.2) is 23.5 Å². The average molecular weight is 375 g/mol. The average Bonchev–Trinajstić information content (AvgIpc) is 3.04. The lowest BCUT2D eigenvalue weighted by molar-refractivity contribution is 0.0394. The predicted molar refractivity (Wildman–Crippen MR) is 108 cm³/mol. The zero-order chi connectivity index (χ0) is 19.1. The third-order valence-electron chi connectivity index (χ3n) is 6.08. The zero-order valence-electron chi connectivity index (χ0n) is 16.2. The molecule has 2 aromatic rings. The Bertz CT molecular complexity index is 956. The molecule has 1 aliphatic carbocycles. The van der Waals surface area contributed by atoms with Crippen LogP contribution in [0.25, 0.3) is 6.08 Å². The molecule has 4 heteroatoms. The number of Topliss-reactive ketones (excluding diaryl/α,β-unsaturated/α-hetero) is 1. The highest BCUT2D eigenvalue weighted by Crippen LogP contribution is 2.43. The van der Waals surface area contributed by atoms with E-state index in [2.05, 4.69) is 11.0 Å². The summed E-state index contributed by atoms with van der Waals surface area (Å²) in [6, 6.07) is 12.4. The van der Waals surface area contributed by atoms with Crippen molar-refractivity contribution >= 4 is 11.9 Å². The van der Waals surface area contributed by atoms with Crippen LogP contribution in [0.3, 0.4) is 0 Å². The quantitative estimate of drug-likeness (QED) is 0.685. The minimum Gasteiger partial charge on any atom is -0.478 e. The Labute approximate surface area is 165 Å². The van der Waals surface area contributed by atoms with Gasteiger partial charge in [0.05, 0.1) is 11.1 Å². The van der Waals surface area contributed by atoms with Gasteiger partial charge in [-0.05, 0) is 43.5 Å². The van der Waals surface area contributed by atoms with Crippen LogP contribution >= 0.6 is 0 Å². The van der Waals surface area contributed by atoms with Crippen molar-refractivity contribution in [3.05, 3.63) is 64.4 Å². The summed E-state index contributed by atoms with van der Waals surface area (Å²) in [6.07, 6.45) is 8.21. The molecule has 0 atom stereocenters. The second-order valence-electron chi connectivity index (χ2n) is 8.08. The number of nitrogens with zero attached hydrogens (tertiary/aromatic N) is 1. The minimum absolute atomic E-state index is 0.0471. The van der Waals surface area contributed by atoms with Crippen LogP contribution in [0.15, 0.2) is 42.2 Å². The Morgan fingerprint density at radius 2 is 1.96 bits per heavy atom. The minimum atomic E-state index is -0.0471. The van der Waals surface area contributed by atoms with Gasteiger partial charge in [0.25, 0.3) is 0 Å². The Kier molecular flexibility index (Phi) is 4.44. The normalized spacial score (nSPS) is 21.2. The lowest BCUT2D eigenvalue weighted by atomic mass is 9.93. The summed E-state index contributed by atoms with van der Waals surface area (Å²) in [5, 5.41) is 0. The van der Waals surface area contributed by atoms with Gasteiger partial charge in [-0.25, -0.2) is 0 Å². The number of hydrogen-bond donors (Lipinski definition) is 0. The molecule has 1 fully saturated rings. The number of ketones is 1. The largest absolute Gasteiger partial charge is 0.478 e. The van der Waals surface area contributed by atoms with Gasteiger partial charge < -0.3 is 9.47 Å². The number of benzene rings is 2. The standard InChI is InChI=1S/C24H25NO3/c1-16-6-5-7-17(12-16)13-22-23(26)19-10-11-21-20(24(19)28-22)14-25(15-27-21)18-8-3-2-4-9-18/h5-7,10-13,18H,2-4,8-9,14-15H2,1H3/b22-13+. The van der Waals surface area contributed by atoms with Gasteiger partial charge in [-0.3, -0.25) is 9.69 Å². The summed E-state index contributed by atoms with van der Waals surface area (Å²) in [7, 11) is 0. The van der Waals surface area contributed by atoms with Gasteiger partial charge in [-0.15, -0.1) is 0 Å². The first-order chi connectivity index (χ1) is 13.7. The van der Waals surface area contributed by atoms with Crippen LogP contribution in [0.1, 0.15) is 59.2 Å². The van der Waals surface area contributed by atoms with E-state index in [1.165, 1.54) is 32.1 Å². The first-order valence-electron chi connectivity index (χ1n) is 10.2. The van der Waals surface area contributed by atoms with Gasteiger partial charge in [0, 0.05) is 12.6 Å². The molecule has 4 nitrogen and oxygen atoms in total. The molecule has 0 N–H and O–H groups in total. The van der Waals surface area contributed by atoms with Crippen molar-refractivity contribution in [3.8, 4) is 11.5 Å². The van der Waals surface area contributed by atoms with Crippen molar-refractivity contribution in [2.75, 3.05) is 6.73 Å². The van der Waals surface area contributed by atoms with Crippen molar-refractivity contribution in [1.82, 2.24) is 4.90 Å². The second kappa shape index (κ2) is 7.10. The molecule has 2 heterocycles. The topological polar surface area (TPSA) is 38.8 Å². The predicted octanol–water partition coefficient (Wildman–Crippen LogP) is 5.10. The van der Waals surface area contributed by atoms with Crippen molar-refractivity contribution in [3.63, 3.8) is 0 Å². The lowest BCUT2D eigenvalue weighted by Crippen LogP contribution is -2.41. The highest BCUT2D eigenvalue weighted by Gasteiger charge is 2.35. The molecule has 3 aliphatic rings. The Morgan fingerprint density at radius 3 is 2.79 bits per heavy atom. The van der Waals surface area contributed by atoms with Crippen LogP contribution in [-0.2, 0) is 6.54 Å². The first kappa shape index (κ1) is 17.5. The van der Waals surface area contributed by atoms with Crippen molar-refractivity contribution in [2.24, 2.45) is 0 Å². The van der Waals surface area contributed by atoms with Crippen LogP contribution in [0.5, 0.6) is 11.5 Å². The number of hydrogen-bond acceptors (Lipinski definition) is 4. The van der Waals surface area contributed by atoms with Crippen molar-refractivity contribution < 1.29 is 14.3 Å². The summed E-state index contributed by atoms with van der Waals surface area (Å²) in [6.45, 7) is 3.45. The van der Waals surface area contributed by atoms with E-state index in [4.69, 9.17) is 9.47 Å². The summed E-state index contributed by atoms with van der Waals surface area (Å²) in [5.74, 6) is 1.87. The van der Waals surface area contributed by atoms with Crippen LogP contribution in [0.2, 0.25) is 0 Å². The Morgan fingerprint density at radius 1 is 1.11 bits per heavy atom. The van der Waals surface area contributed by atoms with Gasteiger partial charge >= 0.3 is 0 Å². The number of carbonyl (C=O) groups excluding carboxylic acids is 1. The number of rotatable bonds is 2. The molecule has 0 unspecified atom stereocenters. The summed E-state index contributed by atoms with van der Waals surface area (Å²) in [4.78, 5) is 15.3. The molecular formula is C24H25NO3. The fourth-order valence-corrected chi connectivity index (χ4v) is 4.57. The molecule has 144 valence electrons. The fraction of sp³-hybridized carbons (Fsp3) is 0.375. The van der Waals surface area contributed by atoms with Crippen molar-refractivity contribution in [2.45, 2.75) is 51.6 Å². The molecule has 2 aliphatic heterocycles. The van der Waals surface area contributed by atoms with E-state index < -0.39 is 0 Å². The van der Waals surface area contributed by atoms with Crippen LogP contribution in [0.4, 0.5) is 0 Å². The fourth-order valence-electron chi connectivity index (χ4n) is 4.57. The maximum absolute atomic E-state index is 12.9. The molecule has 2 aromatic carbocycles. The molecule has 1 saturated carbocycles. The lowest BCUT2D eigenvalue weighted by Gasteiger charge is -2.37. The molecule has 0 radical (unpaired) electrons.